The number of alkyl carbamates (subject to hydrolysis) is 2. The molecule has 1 unspecified atom stereocenters. The Morgan fingerprint density at radius 1 is 0.667 bits per heavy atom. The van der Waals surface area contributed by atoms with Crippen LogP contribution in [0.25, 0.3) is 0 Å². The van der Waals surface area contributed by atoms with Gasteiger partial charge >= 0.3 is 12.2 Å². The van der Waals surface area contributed by atoms with E-state index in [9.17, 15) is 19.8 Å². The first-order valence-electron chi connectivity index (χ1n) is 12.2. The van der Waals surface area contributed by atoms with E-state index < -0.39 is 47.7 Å². The molecule has 8 heteroatoms. The standard InChI is InChI=1S/C28H40N2O6/c1-27(2,3)35-25(33)29-21(17-19-13-9-7-10-14-19)23(31)24(32)22(18-20-15-11-8-12-16-20)30-26(34)36-28(4,5)6/h7-16,21-24,31-32H,17-18H2,1-6H3,(H,29,33)(H,30,34)/t21-,22?,23+,24+/m0/s1. The van der Waals surface area contributed by atoms with Crippen LogP contribution < -0.4 is 10.6 Å². The summed E-state index contributed by atoms with van der Waals surface area (Å²) >= 11 is 0. The largest absolute Gasteiger partial charge is 0.444 e. The van der Waals surface area contributed by atoms with Crippen LogP contribution in [0.5, 0.6) is 0 Å². The SMILES string of the molecule is CC(C)(C)OC(=O)NC(Cc1ccccc1)[C@@H](O)[C@H](O)[C@H](Cc1ccccc1)NC(=O)OC(C)(C)C. The Hall–Kier alpha value is -3.10. The molecule has 2 aromatic rings. The van der Waals surface area contributed by atoms with Gasteiger partial charge in [-0.25, -0.2) is 9.59 Å². The van der Waals surface area contributed by atoms with Crippen molar-refractivity contribution in [3.8, 4) is 0 Å². The van der Waals surface area contributed by atoms with E-state index in [2.05, 4.69) is 10.6 Å². The molecule has 0 heterocycles. The number of carbonyl (C=O) groups is 2. The summed E-state index contributed by atoms with van der Waals surface area (Å²) in [6, 6.07) is 16.8. The van der Waals surface area contributed by atoms with Gasteiger partial charge in [-0.05, 0) is 65.5 Å². The van der Waals surface area contributed by atoms with Crippen LogP contribution in [0.1, 0.15) is 52.7 Å². The van der Waals surface area contributed by atoms with Crippen molar-refractivity contribution < 1.29 is 29.3 Å². The average molecular weight is 501 g/mol. The molecule has 0 aliphatic carbocycles. The Balaban J connectivity index is 2.29. The predicted octanol–water partition coefficient (Wildman–Crippen LogP) is 3.98. The van der Waals surface area contributed by atoms with Crippen LogP contribution in [0.15, 0.2) is 60.7 Å². The summed E-state index contributed by atoms with van der Waals surface area (Å²) in [4.78, 5) is 25.1. The van der Waals surface area contributed by atoms with Crippen LogP contribution in [0.3, 0.4) is 0 Å². The molecule has 4 N–H and O–H groups in total. The second kappa shape index (κ2) is 12.7. The molecule has 0 aliphatic heterocycles. The molecule has 198 valence electrons. The molecule has 2 aromatic carbocycles. The highest BCUT2D eigenvalue weighted by Gasteiger charge is 2.36. The minimum absolute atomic E-state index is 0.239. The van der Waals surface area contributed by atoms with Gasteiger partial charge in [-0.2, -0.15) is 0 Å². The summed E-state index contributed by atoms with van der Waals surface area (Å²) in [5, 5.41) is 27.9. The molecule has 0 spiro atoms. The topological polar surface area (TPSA) is 117 Å². The minimum atomic E-state index is -1.43. The monoisotopic (exact) mass is 500 g/mol. The number of aliphatic hydroxyl groups is 2. The molecule has 0 aliphatic rings. The lowest BCUT2D eigenvalue weighted by Gasteiger charge is -2.34. The van der Waals surface area contributed by atoms with E-state index in [1.807, 2.05) is 60.7 Å². The van der Waals surface area contributed by atoms with Gasteiger partial charge < -0.3 is 30.3 Å². The number of hydrogen-bond donors (Lipinski definition) is 4. The van der Waals surface area contributed by atoms with Crippen molar-refractivity contribution in [3.05, 3.63) is 71.8 Å². The number of carbonyl (C=O) groups excluding carboxylic acids is 2. The van der Waals surface area contributed by atoms with E-state index in [1.54, 1.807) is 41.5 Å². The van der Waals surface area contributed by atoms with E-state index >= 15 is 0 Å². The Kier molecular flexibility index (Phi) is 10.3. The number of benzene rings is 2. The number of nitrogens with one attached hydrogen (secondary N) is 2. The lowest BCUT2D eigenvalue weighted by atomic mass is 9.91. The summed E-state index contributed by atoms with van der Waals surface area (Å²) in [6.45, 7) is 10.4. The first-order chi connectivity index (χ1) is 16.7. The van der Waals surface area contributed by atoms with E-state index in [-0.39, 0.29) is 12.8 Å². The Morgan fingerprint density at radius 3 is 1.25 bits per heavy atom. The van der Waals surface area contributed by atoms with Crippen molar-refractivity contribution in [2.45, 2.75) is 89.9 Å². The van der Waals surface area contributed by atoms with E-state index in [4.69, 9.17) is 9.47 Å². The average Bonchev–Trinajstić information content (AvgIpc) is 2.76. The third kappa shape index (κ3) is 10.7. The first-order valence-corrected chi connectivity index (χ1v) is 12.2. The molecular formula is C28H40N2O6. The third-order valence-electron chi connectivity index (χ3n) is 5.18. The van der Waals surface area contributed by atoms with Crippen molar-refractivity contribution in [3.63, 3.8) is 0 Å². The number of amides is 2. The highest BCUT2D eigenvalue weighted by molar-refractivity contribution is 5.69. The lowest BCUT2D eigenvalue weighted by Crippen LogP contribution is -2.58. The fourth-order valence-corrected chi connectivity index (χ4v) is 3.64. The number of hydrogen-bond acceptors (Lipinski definition) is 6. The molecule has 0 fully saturated rings. The van der Waals surface area contributed by atoms with Crippen molar-refractivity contribution in [2.75, 3.05) is 0 Å². The third-order valence-corrected chi connectivity index (χ3v) is 5.18. The van der Waals surface area contributed by atoms with Crippen molar-refractivity contribution >= 4 is 12.2 Å². The van der Waals surface area contributed by atoms with Crippen LogP contribution in [0.2, 0.25) is 0 Å². The summed E-state index contributed by atoms with van der Waals surface area (Å²) in [6.07, 6.45) is -3.81. The predicted molar refractivity (Wildman–Crippen MR) is 139 cm³/mol. The fraction of sp³-hybridized carbons (Fsp3) is 0.500. The van der Waals surface area contributed by atoms with Crippen LogP contribution in [0, 0.1) is 0 Å². The number of rotatable bonds is 9. The molecule has 2 rings (SSSR count). The molecule has 0 saturated carbocycles. The lowest BCUT2D eigenvalue weighted by molar-refractivity contribution is -0.0293. The molecule has 36 heavy (non-hydrogen) atoms. The van der Waals surface area contributed by atoms with Gasteiger partial charge in [0.05, 0.1) is 12.1 Å². The molecule has 2 amide bonds. The second-order valence-electron chi connectivity index (χ2n) is 10.9. The maximum Gasteiger partial charge on any atom is 0.407 e. The highest BCUT2D eigenvalue weighted by Crippen LogP contribution is 2.17. The van der Waals surface area contributed by atoms with Crippen molar-refractivity contribution in [1.82, 2.24) is 10.6 Å². The maximum absolute atomic E-state index is 12.6. The van der Waals surface area contributed by atoms with Gasteiger partial charge in [0, 0.05) is 0 Å². The van der Waals surface area contributed by atoms with Crippen LogP contribution >= 0.6 is 0 Å². The van der Waals surface area contributed by atoms with E-state index in [0.717, 1.165) is 11.1 Å². The maximum atomic E-state index is 12.6. The van der Waals surface area contributed by atoms with Crippen molar-refractivity contribution in [1.29, 1.82) is 0 Å². The molecule has 0 radical (unpaired) electrons. The van der Waals surface area contributed by atoms with Gasteiger partial charge in [0.1, 0.15) is 23.4 Å². The normalized spacial score (nSPS) is 15.2. The van der Waals surface area contributed by atoms with Gasteiger partial charge in [0.25, 0.3) is 0 Å². The molecule has 0 bridgehead atoms. The van der Waals surface area contributed by atoms with Gasteiger partial charge in [0.15, 0.2) is 0 Å². The summed E-state index contributed by atoms with van der Waals surface area (Å²) in [7, 11) is 0. The molecular weight excluding hydrogens is 460 g/mol. The highest BCUT2D eigenvalue weighted by atomic mass is 16.6. The van der Waals surface area contributed by atoms with E-state index in [0.29, 0.717) is 0 Å². The Bertz CT molecular complexity index is 874. The van der Waals surface area contributed by atoms with Crippen LogP contribution in [0.4, 0.5) is 9.59 Å². The summed E-state index contributed by atoms with van der Waals surface area (Å²) < 4.78 is 10.8. The zero-order valence-corrected chi connectivity index (χ0v) is 22.0. The van der Waals surface area contributed by atoms with Gasteiger partial charge in [-0.15, -0.1) is 0 Å². The molecule has 0 saturated heterocycles. The Labute approximate surface area is 214 Å². The molecule has 8 nitrogen and oxygen atoms in total. The second-order valence-corrected chi connectivity index (χ2v) is 10.9. The van der Waals surface area contributed by atoms with Gasteiger partial charge in [-0.3, -0.25) is 0 Å². The first kappa shape index (κ1) is 29.1. The number of ether oxygens (including phenoxy) is 2. The minimum Gasteiger partial charge on any atom is -0.444 e. The quantitative estimate of drug-likeness (QED) is 0.414. The Morgan fingerprint density at radius 2 is 0.972 bits per heavy atom. The smallest absolute Gasteiger partial charge is 0.407 e. The summed E-state index contributed by atoms with van der Waals surface area (Å²) in [5.41, 5.74) is 0.229. The molecule has 4 atom stereocenters. The van der Waals surface area contributed by atoms with Gasteiger partial charge in [-0.1, -0.05) is 60.7 Å². The zero-order valence-electron chi connectivity index (χ0n) is 22.0. The van der Waals surface area contributed by atoms with Gasteiger partial charge in [0.2, 0.25) is 0 Å². The molecule has 0 aromatic heterocycles. The number of aliphatic hydroxyl groups excluding tert-OH is 2. The van der Waals surface area contributed by atoms with Crippen LogP contribution in [-0.2, 0) is 22.3 Å². The van der Waals surface area contributed by atoms with E-state index in [1.165, 1.54) is 0 Å². The zero-order chi connectivity index (χ0) is 26.9. The van der Waals surface area contributed by atoms with Crippen molar-refractivity contribution in [2.24, 2.45) is 0 Å². The fourth-order valence-electron chi connectivity index (χ4n) is 3.64. The van der Waals surface area contributed by atoms with Crippen LogP contribution in [-0.4, -0.2) is 57.9 Å². The summed E-state index contributed by atoms with van der Waals surface area (Å²) in [5.74, 6) is 0.